The minimum absolute atomic E-state index is 0. The fraction of sp³-hybridized carbons (Fsp3) is 0.385. The Morgan fingerprint density at radius 2 is 1.85 bits per heavy atom. The molecule has 0 bridgehead atoms. The zero-order chi connectivity index (χ0) is 13.6. The van der Waals surface area contributed by atoms with E-state index in [1.165, 1.54) is 4.90 Å². The van der Waals surface area contributed by atoms with Crippen LogP contribution in [0.2, 0.25) is 0 Å². The molecule has 2 fully saturated rings. The SMILES string of the molecule is O=C1[C@H]2[C@H](C[C@@H]2S(=O)[O-])C(=O)N1Cc1ccccc1.[Na+]. The molecule has 1 aromatic rings. The minimum Gasteiger partial charge on any atom is -0.772 e. The molecule has 2 amide bonds. The summed E-state index contributed by atoms with van der Waals surface area (Å²) in [5, 5.41) is -0.692. The predicted octanol–water partition coefficient (Wildman–Crippen LogP) is -2.56. The van der Waals surface area contributed by atoms with Crippen molar-refractivity contribution in [2.45, 2.75) is 18.2 Å². The Morgan fingerprint density at radius 3 is 2.45 bits per heavy atom. The molecule has 0 spiro atoms. The largest absolute Gasteiger partial charge is 1.00 e. The second-order valence-electron chi connectivity index (χ2n) is 4.92. The number of amides is 2. The molecule has 3 rings (SSSR count). The van der Waals surface area contributed by atoms with Gasteiger partial charge in [0.1, 0.15) is 0 Å². The van der Waals surface area contributed by atoms with Crippen LogP contribution >= 0.6 is 0 Å². The molecule has 0 radical (unpaired) electrons. The van der Waals surface area contributed by atoms with E-state index in [2.05, 4.69) is 0 Å². The summed E-state index contributed by atoms with van der Waals surface area (Å²) in [6.07, 6.45) is 0.274. The summed E-state index contributed by atoms with van der Waals surface area (Å²) in [5.41, 5.74) is 0.866. The molecule has 1 aliphatic heterocycles. The molecule has 0 N–H and O–H groups in total. The van der Waals surface area contributed by atoms with Gasteiger partial charge in [-0.25, -0.2) is 0 Å². The van der Waals surface area contributed by atoms with Gasteiger partial charge in [0.25, 0.3) is 0 Å². The normalized spacial score (nSPS) is 29.4. The zero-order valence-corrected chi connectivity index (χ0v) is 13.8. The van der Waals surface area contributed by atoms with Gasteiger partial charge in [0.2, 0.25) is 11.8 Å². The van der Waals surface area contributed by atoms with Crippen molar-refractivity contribution in [2.24, 2.45) is 11.8 Å². The first kappa shape index (κ1) is 15.9. The molecule has 2 aliphatic rings. The molecule has 1 heterocycles. The molecule has 5 nitrogen and oxygen atoms in total. The molecule has 1 saturated heterocycles. The van der Waals surface area contributed by atoms with Crippen LogP contribution in [0.15, 0.2) is 30.3 Å². The van der Waals surface area contributed by atoms with Crippen molar-refractivity contribution in [3.63, 3.8) is 0 Å². The molecule has 1 aromatic carbocycles. The average molecular weight is 301 g/mol. The molecule has 1 aliphatic carbocycles. The summed E-state index contributed by atoms with van der Waals surface area (Å²) >= 11 is -2.28. The van der Waals surface area contributed by atoms with E-state index >= 15 is 0 Å². The van der Waals surface area contributed by atoms with Gasteiger partial charge in [0.15, 0.2) is 0 Å². The summed E-state index contributed by atoms with van der Waals surface area (Å²) in [7, 11) is 0. The van der Waals surface area contributed by atoms with Gasteiger partial charge in [0, 0.05) is 5.25 Å². The molecule has 100 valence electrons. The third kappa shape index (κ3) is 2.51. The van der Waals surface area contributed by atoms with Gasteiger partial charge in [-0.15, -0.1) is 0 Å². The molecule has 4 atom stereocenters. The number of carbonyl (C=O) groups is 2. The number of benzene rings is 1. The van der Waals surface area contributed by atoms with E-state index in [-0.39, 0.29) is 54.3 Å². The fourth-order valence-corrected chi connectivity index (χ4v) is 3.71. The maximum atomic E-state index is 12.1. The van der Waals surface area contributed by atoms with Gasteiger partial charge in [0.05, 0.1) is 18.4 Å². The number of hydrogen-bond donors (Lipinski definition) is 0. The summed E-state index contributed by atoms with van der Waals surface area (Å²) in [4.78, 5) is 25.4. The van der Waals surface area contributed by atoms with E-state index in [1.54, 1.807) is 0 Å². The van der Waals surface area contributed by atoms with Crippen molar-refractivity contribution in [1.29, 1.82) is 0 Å². The van der Waals surface area contributed by atoms with Crippen molar-refractivity contribution in [2.75, 3.05) is 0 Å². The van der Waals surface area contributed by atoms with Crippen LogP contribution in [0.1, 0.15) is 12.0 Å². The number of fused-ring (bicyclic) bond motifs is 1. The van der Waals surface area contributed by atoms with E-state index in [9.17, 15) is 18.4 Å². The molecule has 0 aromatic heterocycles. The second-order valence-corrected chi connectivity index (χ2v) is 6.04. The fourth-order valence-electron chi connectivity index (χ4n) is 2.80. The number of imide groups is 1. The van der Waals surface area contributed by atoms with Crippen molar-refractivity contribution in [3.8, 4) is 0 Å². The van der Waals surface area contributed by atoms with Gasteiger partial charge in [-0.05, 0) is 12.0 Å². The molecule has 1 saturated carbocycles. The Balaban J connectivity index is 0.00000147. The number of rotatable bonds is 3. The van der Waals surface area contributed by atoms with Crippen LogP contribution in [0.25, 0.3) is 0 Å². The van der Waals surface area contributed by atoms with E-state index < -0.39 is 28.2 Å². The Labute approximate surface area is 141 Å². The Kier molecular flexibility index (Phi) is 4.81. The molecule has 7 heteroatoms. The van der Waals surface area contributed by atoms with Gasteiger partial charge < -0.3 is 4.55 Å². The first-order valence-corrected chi connectivity index (χ1v) is 7.20. The van der Waals surface area contributed by atoms with Crippen LogP contribution in [-0.2, 0) is 27.2 Å². The van der Waals surface area contributed by atoms with Crippen LogP contribution in [0.3, 0.4) is 0 Å². The summed E-state index contributed by atoms with van der Waals surface area (Å²) in [6, 6.07) is 9.21. The van der Waals surface area contributed by atoms with E-state index in [4.69, 9.17) is 0 Å². The molecule has 20 heavy (non-hydrogen) atoms. The Bertz CT molecular complexity index is 565. The second kappa shape index (κ2) is 6.07. The van der Waals surface area contributed by atoms with Gasteiger partial charge in [-0.1, -0.05) is 41.4 Å². The summed E-state index contributed by atoms with van der Waals surface area (Å²) in [5.74, 6) is -1.67. The van der Waals surface area contributed by atoms with Crippen LogP contribution in [0, 0.1) is 11.8 Å². The summed E-state index contributed by atoms with van der Waals surface area (Å²) < 4.78 is 21.9. The maximum absolute atomic E-state index is 12.1. The van der Waals surface area contributed by atoms with E-state index in [1.807, 2.05) is 30.3 Å². The smallest absolute Gasteiger partial charge is 0.772 e. The van der Waals surface area contributed by atoms with Crippen molar-refractivity contribution in [1.82, 2.24) is 4.90 Å². The summed E-state index contributed by atoms with van der Waals surface area (Å²) in [6.45, 7) is 0.226. The number of carbonyl (C=O) groups excluding carboxylic acids is 2. The first-order chi connectivity index (χ1) is 9.09. The van der Waals surface area contributed by atoms with Gasteiger partial charge >= 0.3 is 29.6 Å². The number of nitrogens with zero attached hydrogens (tertiary/aromatic N) is 1. The topological polar surface area (TPSA) is 77.5 Å². The van der Waals surface area contributed by atoms with E-state index in [0.29, 0.717) is 0 Å². The molecule has 1 unspecified atom stereocenters. The predicted molar refractivity (Wildman–Crippen MR) is 66.3 cm³/mol. The third-order valence-corrected chi connectivity index (χ3v) is 4.87. The first-order valence-electron chi connectivity index (χ1n) is 6.07. The van der Waals surface area contributed by atoms with Gasteiger partial charge in [-0.3, -0.25) is 18.7 Å². The standard InChI is InChI=1S/C13H13NO4S.Na/c15-12-9-6-10(19(17)18)11(9)13(16)14(12)7-8-4-2-1-3-5-8;/h1-5,9-11H,6-7H2,(H,17,18);/q;+1/p-1/t9-,10-,11-;/m0./s1. The van der Waals surface area contributed by atoms with Gasteiger partial charge in [-0.2, -0.15) is 0 Å². The van der Waals surface area contributed by atoms with Crippen molar-refractivity contribution < 1.29 is 47.9 Å². The van der Waals surface area contributed by atoms with Crippen LogP contribution in [0.4, 0.5) is 0 Å². The zero-order valence-electron chi connectivity index (χ0n) is 11.0. The Morgan fingerprint density at radius 1 is 1.20 bits per heavy atom. The minimum atomic E-state index is -2.28. The van der Waals surface area contributed by atoms with Crippen LogP contribution in [-0.4, -0.2) is 30.7 Å². The monoisotopic (exact) mass is 301 g/mol. The maximum Gasteiger partial charge on any atom is 1.00 e. The number of hydrogen-bond acceptors (Lipinski definition) is 4. The molecular weight excluding hydrogens is 289 g/mol. The van der Waals surface area contributed by atoms with Crippen molar-refractivity contribution >= 4 is 22.9 Å². The van der Waals surface area contributed by atoms with Crippen LogP contribution in [0.5, 0.6) is 0 Å². The molecular formula is C13H12NNaO4S. The Hall–Kier alpha value is -0.530. The van der Waals surface area contributed by atoms with Crippen molar-refractivity contribution in [3.05, 3.63) is 35.9 Å². The quantitative estimate of drug-likeness (QED) is 0.350. The average Bonchev–Trinajstić information content (AvgIpc) is 2.50. The third-order valence-electron chi connectivity index (χ3n) is 3.89. The van der Waals surface area contributed by atoms with Crippen LogP contribution < -0.4 is 29.6 Å². The van der Waals surface area contributed by atoms with E-state index in [0.717, 1.165) is 5.56 Å². The number of likely N-dealkylation sites (tertiary alicyclic amines) is 1.